The number of sulfonamides is 1. The number of benzene rings is 3. The minimum Gasteiger partial charge on any atom is -0.493 e. The largest absolute Gasteiger partial charge is 0.493 e. The third kappa shape index (κ3) is 7.80. The molecule has 2 atom stereocenters. The zero-order valence-corrected chi connectivity index (χ0v) is 27.4. The minimum absolute atomic E-state index is 0.192. The van der Waals surface area contributed by atoms with Crippen molar-refractivity contribution < 1.29 is 17.9 Å². The van der Waals surface area contributed by atoms with Gasteiger partial charge in [-0.2, -0.15) is 0 Å². The molecule has 2 amide bonds. The highest BCUT2D eigenvalue weighted by Gasteiger charge is 2.45. The molecule has 2 heterocycles. The first-order valence-corrected chi connectivity index (χ1v) is 17.3. The Hall–Kier alpha value is -3.59. The van der Waals surface area contributed by atoms with Crippen LogP contribution in [0.1, 0.15) is 41.3 Å². The number of urea groups is 1. The summed E-state index contributed by atoms with van der Waals surface area (Å²) >= 11 is 12.5. The first kappa shape index (κ1) is 32.8. The SMILES string of the molecule is C#Cc1ccc(C2=N[C@@H](c3ccc(Cl)cc3)[C@@H](c3ccc(Cl)cc3)N2C(=O)N2CCN(CCNS(C)(=O)=O)CC2)c(OCC)c1. The molecule has 12 heteroatoms. The van der Waals surface area contributed by atoms with Crippen molar-refractivity contribution in [2.24, 2.45) is 4.99 Å². The topological polar surface area (TPSA) is 94.5 Å². The molecule has 0 aromatic heterocycles. The van der Waals surface area contributed by atoms with Gasteiger partial charge in [0.2, 0.25) is 10.0 Å². The van der Waals surface area contributed by atoms with E-state index < -0.39 is 22.1 Å². The van der Waals surface area contributed by atoms with Gasteiger partial charge in [-0.3, -0.25) is 14.8 Å². The fourth-order valence-corrected chi connectivity index (χ4v) is 6.34. The number of nitrogens with zero attached hydrogens (tertiary/aromatic N) is 4. The van der Waals surface area contributed by atoms with Crippen LogP contribution in [0.4, 0.5) is 4.79 Å². The number of carbonyl (C=O) groups is 1. The molecule has 2 aliphatic rings. The number of ether oxygens (including phenoxy) is 1. The van der Waals surface area contributed by atoms with E-state index in [0.29, 0.717) is 78.6 Å². The van der Waals surface area contributed by atoms with Crippen molar-refractivity contribution in [3.8, 4) is 18.1 Å². The number of terminal acetylenes is 1. The van der Waals surface area contributed by atoms with Gasteiger partial charge in [-0.1, -0.05) is 53.4 Å². The zero-order valence-electron chi connectivity index (χ0n) is 25.1. The second-order valence-corrected chi connectivity index (χ2v) is 13.6. The van der Waals surface area contributed by atoms with Crippen LogP contribution >= 0.6 is 23.2 Å². The lowest BCUT2D eigenvalue weighted by molar-refractivity contribution is 0.120. The lowest BCUT2D eigenvalue weighted by atomic mass is 9.93. The second-order valence-electron chi connectivity index (χ2n) is 10.9. The molecule has 0 unspecified atom stereocenters. The molecule has 0 spiro atoms. The van der Waals surface area contributed by atoms with Gasteiger partial charge >= 0.3 is 6.03 Å². The summed E-state index contributed by atoms with van der Waals surface area (Å²) in [6.07, 6.45) is 6.85. The van der Waals surface area contributed by atoms with E-state index in [1.807, 2.05) is 72.5 Å². The van der Waals surface area contributed by atoms with Crippen molar-refractivity contribution in [2.75, 3.05) is 52.1 Å². The number of halogens is 2. The average molecular weight is 669 g/mol. The number of aliphatic imine (C=N–C) groups is 1. The molecule has 3 aromatic carbocycles. The standard InChI is InChI=1S/C33H35Cl2N5O4S/c1-4-23-6-15-28(29(22-23)44-5-2)32-37-30(24-7-11-26(34)12-8-24)31(25-9-13-27(35)14-10-25)40(32)33(41)39-20-18-38(19-21-39)17-16-36-45(3,42)43/h1,6-15,22,30-31,36H,5,16-21H2,2-3H3/t30-,31+/m0/s1. The van der Waals surface area contributed by atoms with E-state index in [4.69, 9.17) is 39.4 Å². The summed E-state index contributed by atoms with van der Waals surface area (Å²) in [4.78, 5) is 25.6. The van der Waals surface area contributed by atoms with Crippen LogP contribution in [0.5, 0.6) is 5.75 Å². The number of hydrogen-bond acceptors (Lipinski definition) is 6. The molecular formula is C33H35Cl2N5O4S. The van der Waals surface area contributed by atoms with Gasteiger partial charge in [-0.15, -0.1) is 6.42 Å². The van der Waals surface area contributed by atoms with Crippen LogP contribution in [0.25, 0.3) is 0 Å². The maximum absolute atomic E-state index is 14.7. The van der Waals surface area contributed by atoms with Crippen LogP contribution in [-0.2, 0) is 10.0 Å². The van der Waals surface area contributed by atoms with Crippen molar-refractivity contribution in [3.05, 3.63) is 99.0 Å². The Bertz CT molecular complexity index is 1700. The molecule has 9 nitrogen and oxygen atoms in total. The van der Waals surface area contributed by atoms with Crippen LogP contribution in [0.2, 0.25) is 10.0 Å². The van der Waals surface area contributed by atoms with E-state index in [2.05, 4.69) is 15.5 Å². The number of piperazine rings is 1. The Morgan fingerprint density at radius 2 is 1.62 bits per heavy atom. The highest BCUT2D eigenvalue weighted by atomic mass is 35.5. The summed E-state index contributed by atoms with van der Waals surface area (Å²) in [6.45, 7) is 5.30. The predicted octanol–water partition coefficient (Wildman–Crippen LogP) is 5.21. The zero-order chi connectivity index (χ0) is 32.1. The summed E-state index contributed by atoms with van der Waals surface area (Å²) in [5.74, 6) is 3.68. The van der Waals surface area contributed by atoms with Gasteiger partial charge in [-0.25, -0.2) is 17.9 Å². The van der Waals surface area contributed by atoms with E-state index in [1.54, 1.807) is 11.0 Å². The van der Waals surface area contributed by atoms with Crippen LogP contribution in [0.15, 0.2) is 71.7 Å². The van der Waals surface area contributed by atoms with Crippen LogP contribution in [0, 0.1) is 12.3 Å². The van der Waals surface area contributed by atoms with Gasteiger partial charge in [-0.05, 0) is 60.5 Å². The molecule has 1 N–H and O–H groups in total. The van der Waals surface area contributed by atoms with Gasteiger partial charge in [0, 0.05) is 54.9 Å². The maximum atomic E-state index is 14.7. The molecular weight excluding hydrogens is 633 g/mol. The summed E-state index contributed by atoms with van der Waals surface area (Å²) in [5.41, 5.74) is 3.08. The molecule has 0 bridgehead atoms. The Kier molecular flexibility index (Phi) is 10.4. The Balaban J connectivity index is 1.54. The van der Waals surface area contributed by atoms with Crippen molar-refractivity contribution in [3.63, 3.8) is 0 Å². The number of amidine groups is 1. The summed E-state index contributed by atoms with van der Waals surface area (Å²) in [7, 11) is -3.27. The number of amides is 2. The third-order valence-electron chi connectivity index (χ3n) is 7.82. The van der Waals surface area contributed by atoms with E-state index in [-0.39, 0.29) is 6.03 Å². The maximum Gasteiger partial charge on any atom is 0.326 e. The fraction of sp³-hybridized carbons (Fsp3) is 0.333. The van der Waals surface area contributed by atoms with E-state index >= 15 is 0 Å². The molecule has 3 aromatic rings. The van der Waals surface area contributed by atoms with Gasteiger partial charge in [0.05, 0.1) is 24.5 Å². The average Bonchev–Trinajstić information content (AvgIpc) is 3.41. The van der Waals surface area contributed by atoms with Crippen molar-refractivity contribution in [1.29, 1.82) is 0 Å². The first-order chi connectivity index (χ1) is 21.6. The Morgan fingerprint density at radius 1 is 1.00 bits per heavy atom. The van der Waals surface area contributed by atoms with Crippen molar-refractivity contribution in [2.45, 2.75) is 19.0 Å². The van der Waals surface area contributed by atoms with Gasteiger partial charge in [0.25, 0.3) is 0 Å². The fourth-order valence-electron chi connectivity index (χ4n) is 5.63. The number of carbonyl (C=O) groups excluding carboxylic acids is 1. The molecule has 1 saturated heterocycles. The minimum atomic E-state index is -3.27. The molecule has 2 aliphatic heterocycles. The first-order valence-electron chi connectivity index (χ1n) is 14.7. The van der Waals surface area contributed by atoms with Crippen LogP contribution in [0.3, 0.4) is 0 Å². The molecule has 0 saturated carbocycles. The number of rotatable bonds is 9. The molecule has 236 valence electrons. The molecule has 0 aliphatic carbocycles. The summed E-state index contributed by atoms with van der Waals surface area (Å²) in [5, 5.41) is 1.19. The van der Waals surface area contributed by atoms with E-state index in [0.717, 1.165) is 17.4 Å². The summed E-state index contributed by atoms with van der Waals surface area (Å²) < 4.78 is 31.5. The van der Waals surface area contributed by atoms with E-state index in [1.165, 1.54) is 0 Å². The Morgan fingerprint density at radius 3 is 2.20 bits per heavy atom. The van der Waals surface area contributed by atoms with Gasteiger partial charge in [0.1, 0.15) is 17.6 Å². The highest BCUT2D eigenvalue weighted by molar-refractivity contribution is 7.88. The van der Waals surface area contributed by atoms with Gasteiger partial charge < -0.3 is 9.64 Å². The van der Waals surface area contributed by atoms with Gasteiger partial charge in [0.15, 0.2) is 0 Å². The van der Waals surface area contributed by atoms with E-state index in [9.17, 15) is 13.2 Å². The van der Waals surface area contributed by atoms with Crippen LogP contribution in [-0.4, -0.2) is 87.1 Å². The number of nitrogens with one attached hydrogen (secondary N) is 1. The lowest BCUT2D eigenvalue weighted by Crippen LogP contribution is -2.54. The Labute approximate surface area is 274 Å². The molecule has 5 rings (SSSR count). The normalized spacial score (nSPS) is 18.9. The predicted molar refractivity (Wildman–Crippen MR) is 179 cm³/mol. The summed E-state index contributed by atoms with van der Waals surface area (Å²) in [6, 6.07) is 19.3. The van der Waals surface area contributed by atoms with Crippen molar-refractivity contribution in [1.82, 2.24) is 19.4 Å². The van der Waals surface area contributed by atoms with Crippen LogP contribution < -0.4 is 9.46 Å². The highest BCUT2D eigenvalue weighted by Crippen LogP contribution is 2.45. The lowest BCUT2D eigenvalue weighted by Gasteiger charge is -2.39. The number of hydrogen-bond donors (Lipinski definition) is 1. The second kappa shape index (κ2) is 14.2. The quantitative estimate of drug-likeness (QED) is 0.317. The molecule has 0 radical (unpaired) electrons. The van der Waals surface area contributed by atoms with Crippen molar-refractivity contribution >= 4 is 45.1 Å². The smallest absolute Gasteiger partial charge is 0.326 e. The molecule has 1 fully saturated rings. The monoisotopic (exact) mass is 667 g/mol. The third-order valence-corrected chi connectivity index (χ3v) is 9.05. The molecule has 45 heavy (non-hydrogen) atoms.